The van der Waals surface area contributed by atoms with E-state index >= 15 is 0 Å². The van der Waals surface area contributed by atoms with Crippen LogP contribution < -0.4 is 0 Å². The highest BCUT2D eigenvalue weighted by Crippen LogP contribution is 2.21. The quantitative estimate of drug-likeness (QED) is 0.317. The third-order valence-electron chi connectivity index (χ3n) is 2.96. The molecule has 0 aromatic carbocycles. The Labute approximate surface area is 110 Å². The van der Waals surface area contributed by atoms with Crippen molar-refractivity contribution in [3.05, 3.63) is 9.81 Å². The van der Waals surface area contributed by atoms with E-state index in [1.807, 2.05) is 0 Å². The molecule has 0 fully saturated rings. The molecule has 0 bridgehead atoms. The second-order valence-corrected chi connectivity index (χ2v) is 4.70. The van der Waals surface area contributed by atoms with Crippen molar-refractivity contribution >= 4 is 0 Å². The van der Waals surface area contributed by atoms with Crippen molar-refractivity contribution in [2.45, 2.75) is 0 Å². The van der Waals surface area contributed by atoms with E-state index in [0.29, 0.717) is 0 Å². The molecular formula is C10H20N2O7. The summed E-state index contributed by atoms with van der Waals surface area (Å²) in [7, 11) is 0. The highest BCUT2D eigenvalue weighted by Gasteiger charge is 2.34. The second-order valence-electron chi connectivity index (χ2n) is 4.70. The van der Waals surface area contributed by atoms with Crippen molar-refractivity contribution in [2.24, 2.45) is 21.2 Å². The second kappa shape index (κ2) is 8.99. The lowest BCUT2D eigenvalue weighted by Crippen LogP contribution is -2.42. The molecule has 9 heteroatoms. The molecule has 0 aliphatic heterocycles. The van der Waals surface area contributed by atoms with Crippen LogP contribution in [0.1, 0.15) is 0 Å². The minimum absolute atomic E-state index is 0.198. The molecular weight excluding hydrogens is 260 g/mol. The van der Waals surface area contributed by atoms with E-state index in [-0.39, 0.29) is 26.3 Å². The van der Waals surface area contributed by atoms with Crippen molar-refractivity contribution in [3.63, 3.8) is 0 Å². The van der Waals surface area contributed by atoms with E-state index in [0.717, 1.165) is 0 Å². The molecule has 0 atom stereocenters. The standard InChI is InChI=1S/C10H20N2O7/c13-3-9(1-11-17,2-12-18)7-19-8-10(4-14,5-15)6-16/h13-16H,1-8H2. The Balaban J connectivity index is 4.54. The minimum atomic E-state index is -1.22. The summed E-state index contributed by atoms with van der Waals surface area (Å²) in [6.07, 6.45) is 0. The Hall–Kier alpha value is -1.00. The van der Waals surface area contributed by atoms with Gasteiger partial charge in [-0.25, -0.2) is 0 Å². The number of nitrogens with zero attached hydrogens (tertiary/aromatic N) is 2. The Bertz CT molecular complexity index is 252. The zero-order valence-electron chi connectivity index (χ0n) is 10.6. The maximum absolute atomic E-state index is 10.3. The summed E-state index contributed by atoms with van der Waals surface area (Å²) in [6, 6.07) is 0. The van der Waals surface area contributed by atoms with E-state index in [9.17, 15) is 14.9 Å². The SMILES string of the molecule is O=NCC(CO)(CN=O)COCC(CO)(CO)CO. The van der Waals surface area contributed by atoms with Gasteiger partial charge in [0.1, 0.15) is 0 Å². The molecule has 0 amide bonds. The average Bonchev–Trinajstić information content (AvgIpc) is 2.44. The Morgan fingerprint density at radius 2 is 1.11 bits per heavy atom. The molecule has 112 valence electrons. The molecule has 0 aromatic heterocycles. The maximum atomic E-state index is 10.3. The third kappa shape index (κ3) is 5.25. The van der Waals surface area contributed by atoms with Gasteiger partial charge in [-0.3, -0.25) is 0 Å². The van der Waals surface area contributed by atoms with Gasteiger partial charge in [0.05, 0.1) is 63.6 Å². The van der Waals surface area contributed by atoms with E-state index in [1.54, 1.807) is 0 Å². The maximum Gasteiger partial charge on any atom is 0.0930 e. The third-order valence-corrected chi connectivity index (χ3v) is 2.96. The first-order chi connectivity index (χ1) is 9.07. The zero-order valence-corrected chi connectivity index (χ0v) is 10.6. The summed E-state index contributed by atoms with van der Waals surface area (Å²) >= 11 is 0. The molecule has 0 aliphatic carbocycles. The summed E-state index contributed by atoms with van der Waals surface area (Å²) in [5.41, 5.74) is -2.43. The Kier molecular flexibility index (Phi) is 8.52. The van der Waals surface area contributed by atoms with Crippen LogP contribution in [0.25, 0.3) is 0 Å². The fraction of sp³-hybridized carbons (Fsp3) is 1.00. The van der Waals surface area contributed by atoms with E-state index in [1.165, 1.54) is 0 Å². The first-order valence-corrected chi connectivity index (χ1v) is 5.67. The van der Waals surface area contributed by atoms with Gasteiger partial charge in [0.2, 0.25) is 0 Å². The molecule has 0 aromatic rings. The van der Waals surface area contributed by atoms with Crippen LogP contribution in [0.15, 0.2) is 10.4 Å². The van der Waals surface area contributed by atoms with Gasteiger partial charge in [0, 0.05) is 0 Å². The summed E-state index contributed by atoms with van der Waals surface area (Å²) in [5, 5.41) is 41.7. The highest BCUT2D eigenvalue weighted by atomic mass is 16.5. The highest BCUT2D eigenvalue weighted by molar-refractivity contribution is 4.84. The van der Waals surface area contributed by atoms with Crippen LogP contribution in [0.3, 0.4) is 0 Å². The van der Waals surface area contributed by atoms with Gasteiger partial charge < -0.3 is 25.2 Å². The lowest BCUT2D eigenvalue weighted by Gasteiger charge is -2.30. The normalized spacial score (nSPS) is 12.4. The van der Waals surface area contributed by atoms with E-state index in [4.69, 9.17) is 20.1 Å². The van der Waals surface area contributed by atoms with Gasteiger partial charge in [-0.1, -0.05) is 10.4 Å². The zero-order chi connectivity index (χ0) is 14.8. The number of aliphatic hydroxyl groups excluding tert-OH is 4. The van der Waals surface area contributed by atoms with Crippen LogP contribution in [0.2, 0.25) is 0 Å². The van der Waals surface area contributed by atoms with Crippen LogP contribution in [0.5, 0.6) is 0 Å². The largest absolute Gasteiger partial charge is 0.396 e. The van der Waals surface area contributed by atoms with Gasteiger partial charge in [-0.05, 0) is 0 Å². The van der Waals surface area contributed by atoms with Crippen molar-refractivity contribution in [3.8, 4) is 0 Å². The van der Waals surface area contributed by atoms with Crippen molar-refractivity contribution in [1.82, 2.24) is 0 Å². The van der Waals surface area contributed by atoms with E-state index < -0.39 is 37.3 Å². The smallest absolute Gasteiger partial charge is 0.0930 e. The first kappa shape index (κ1) is 18.0. The molecule has 19 heavy (non-hydrogen) atoms. The molecule has 4 N–H and O–H groups in total. The molecule has 0 unspecified atom stereocenters. The molecule has 0 spiro atoms. The van der Waals surface area contributed by atoms with Gasteiger partial charge >= 0.3 is 0 Å². The topological polar surface area (TPSA) is 149 Å². The van der Waals surface area contributed by atoms with Gasteiger partial charge in [0.25, 0.3) is 0 Å². The molecule has 0 aliphatic rings. The number of nitroso groups, excluding NO2 is 2. The fourth-order valence-corrected chi connectivity index (χ4v) is 1.33. The monoisotopic (exact) mass is 280 g/mol. The minimum Gasteiger partial charge on any atom is -0.396 e. The molecule has 9 nitrogen and oxygen atoms in total. The van der Waals surface area contributed by atoms with Crippen LogP contribution in [0, 0.1) is 20.6 Å². The number of rotatable bonds is 12. The van der Waals surface area contributed by atoms with Crippen molar-refractivity contribution in [2.75, 3.05) is 52.7 Å². The number of hydrogen-bond donors (Lipinski definition) is 4. The van der Waals surface area contributed by atoms with Crippen LogP contribution in [-0.2, 0) is 4.74 Å². The summed E-state index contributed by atoms with van der Waals surface area (Å²) in [4.78, 5) is 20.6. The molecule has 0 saturated heterocycles. The van der Waals surface area contributed by atoms with Crippen LogP contribution in [0.4, 0.5) is 0 Å². The molecule has 0 rings (SSSR count). The van der Waals surface area contributed by atoms with Crippen LogP contribution >= 0.6 is 0 Å². The molecule has 0 heterocycles. The molecule has 0 radical (unpaired) electrons. The van der Waals surface area contributed by atoms with Crippen molar-refractivity contribution < 1.29 is 25.2 Å². The lowest BCUT2D eigenvalue weighted by molar-refractivity contribution is -0.0792. The van der Waals surface area contributed by atoms with E-state index in [2.05, 4.69) is 10.4 Å². The van der Waals surface area contributed by atoms with Crippen molar-refractivity contribution in [1.29, 1.82) is 0 Å². The molecule has 0 saturated carbocycles. The summed E-state index contributed by atoms with van der Waals surface area (Å²) < 4.78 is 5.20. The van der Waals surface area contributed by atoms with Gasteiger partial charge in [-0.2, -0.15) is 9.81 Å². The summed E-state index contributed by atoms with van der Waals surface area (Å²) in [6.45, 7) is -3.11. The predicted octanol–water partition coefficient (Wildman–Crippen LogP) is -1.52. The first-order valence-electron chi connectivity index (χ1n) is 5.67. The lowest BCUT2D eigenvalue weighted by atomic mass is 9.89. The predicted molar refractivity (Wildman–Crippen MR) is 65.4 cm³/mol. The number of ether oxygens (including phenoxy) is 1. The number of aliphatic hydroxyl groups is 4. The Morgan fingerprint density at radius 3 is 1.42 bits per heavy atom. The number of hydrogen-bond acceptors (Lipinski definition) is 9. The fourth-order valence-electron chi connectivity index (χ4n) is 1.33. The van der Waals surface area contributed by atoms with Crippen LogP contribution in [-0.4, -0.2) is 73.2 Å². The van der Waals surface area contributed by atoms with Gasteiger partial charge in [-0.15, -0.1) is 0 Å². The summed E-state index contributed by atoms with van der Waals surface area (Å²) in [5.74, 6) is 0. The van der Waals surface area contributed by atoms with Gasteiger partial charge in [0.15, 0.2) is 0 Å². The Morgan fingerprint density at radius 1 is 0.737 bits per heavy atom. The average molecular weight is 280 g/mol.